The highest BCUT2D eigenvalue weighted by Gasteiger charge is 2.07. The second-order valence-electron chi connectivity index (χ2n) is 5.51. The van der Waals surface area contributed by atoms with Gasteiger partial charge in [-0.2, -0.15) is 0 Å². The number of benzene rings is 2. The fourth-order valence-electron chi connectivity index (χ4n) is 2.06. The normalized spacial score (nSPS) is 10.4. The van der Waals surface area contributed by atoms with Crippen molar-refractivity contribution in [1.29, 1.82) is 0 Å². The van der Waals surface area contributed by atoms with E-state index in [1.54, 1.807) is 42.5 Å². The molecule has 0 atom stereocenters. The molecule has 2 aromatic rings. The van der Waals surface area contributed by atoms with E-state index in [-0.39, 0.29) is 17.0 Å². The zero-order chi connectivity index (χ0) is 19.6. The number of rotatable bonds is 6. The summed E-state index contributed by atoms with van der Waals surface area (Å²) in [5.74, 6) is -0.754. The van der Waals surface area contributed by atoms with Crippen LogP contribution in [-0.2, 0) is 9.53 Å². The standard InChI is InChI=1S/C20H19ClN2O3S/c1-2-13-26-19(25)15-7-10-16(11-8-15)22-20(27)23-18(24)12-9-14-5-3-4-6-17(14)21/h3-12H,2,13H2,1H3,(H2,22,23,24,27). The summed E-state index contributed by atoms with van der Waals surface area (Å²) in [6.07, 6.45) is 3.73. The van der Waals surface area contributed by atoms with Gasteiger partial charge in [0.2, 0.25) is 5.91 Å². The van der Waals surface area contributed by atoms with Crippen LogP contribution >= 0.6 is 23.8 Å². The molecule has 2 rings (SSSR count). The van der Waals surface area contributed by atoms with E-state index in [9.17, 15) is 9.59 Å². The number of esters is 1. The maximum atomic E-state index is 11.9. The van der Waals surface area contributed by atoms with Crippen molar-refractivity contribution in [3.63, 3.8) is 0 Å². The fourth-order valence-corrected chi connectivity index (χ4v) is 2.48. The molecule has 2 N–H and O–H groups in total. The van der Waals surface area contributed by atoms with E-state index in [4.69, 9.17) is 28.6 Å². The topological polar surface area (TPSA) is 67.4 Å². The van der Waals surface area contributed by atoms with Crippen LogP contribution in [0.5, 0.6) is 0 Å². The average molecular weight is 403 g/mol. The molecule has 0 aromatic heterocycles. The summed E-state index contributed by atoms with van der Waals surface area (Å²) in [7, 11) is 0. The van der Waals surface area contributed by atoms with Crippen LogP contribution in [0.1, 0.15) is 29.3 Å². The largest absolute Gasteiger partial charge is 0.462 e. The summed E-state index contributed by atoms with van der Waals surface area (Å²) in [6, 6.07) is 13.8. The molecule has 0 bridgehead atoms. The number of amides is 1. The van der Waals surface area contributed by atoms with Gasteiger partial charge in [0.15, 0.2) is 5.11 Å². The summed E-state index contributed by atoms with van der Waals surface area (Å²) in [5.41, 5.74) is 1.83. The molecule has 140 valence electrons. The van der Waals surface area contributed by atoms with Crippen LogP contribution in [0.4, 0.5) is 5.69 Å². The minimum absolute atomic E-state index is 0.144. The van der Waals surface area contributed by atoms with Gasteiger partial charge in [0.05, 0.1) is 12.2 Å². The van der Waals surface area contributed by atoms with E-state index in [0.29, 0.717) is 22.9 Å². The molecule has 0 unspecified atom stereocenters. The van der Waals surface area contributed by atoms with Gasteiger partial charge in [0.25, 0.3) is 0 Å². The highest BCUT2D eigenvalue weighted by atomic mass is 35.5. The Morgan fingerprint density at radius 1 is 1.15 bits per heavy atom. The van der Waals surface area contributed by atoms with Gasteiger partial charge >= 0.3 is 5.97 Å². The van der Waals surface area contributed by atoms with E-state index >= 15 is 0 Å². The molecular formula is C20H19ClN2O3S. The summed E-state index contributed by atoms with van der Waals surface area (Å²) in [4.78, 5) is 23.7. The first kappa shape index (κ1) is 20.6. The molecule has 27 heavy (non-hydrogen) atoms. The monoisotopic (exact) mass is 402 g/mol. The molecule has 0 saturated heterocycles. The second-order valence-corrected chi connectivity index (χ2v) is 6.33. The highest BCUT2D eigenvalue weighted by molar-refractivity contribution is 7.80. The smallest absolute Gasteiger partial charge is 0.338 e. The summed E-state index contributed by atoms with van der Waals surface area (Å²) < 4.78 is 5.06. The third kappa shape index (κ3) is 6.84. The minimum atomic E-state index is -0.382. The van der Waals surface area contributed by atoms with E-state index in [2.05, 4.69) is 10.6 Å². The molecule has 0 radical (unpaired) electrons. The van der Waals surface area contributed by atoms with E-state index in [0.717, 1.165) is 12.0 Å². The molecule has 0 spiro atoms. The number of halogens is 1. The van der Waals surface area contributed by atoms with Gasteiger partial charge in [-0.1, -0.05) is 36.7 Å². The predicted octanol–water partition coefficient (Wildman–Crippen LogP) is 4.43. The highest BCUT2D eigenvalue weighted by Crippen LogP contribution is 2.16. The van der Waals surface area contributed by atoms with Crippen molar-refractivity contribution in [2.75, 3.05) is 11.9 Å². The molecule has 0 saturated carbocycles. The third-order valence-electron chi connectivity index (χ3n) is 3.37. The van der Waals surface area contributed by atoms with Crippen molar-refractivity contribution in [1.82, 2.24) is 5.32 Å². The van der Waals surface area contributed by atoms with Crippen molar-refractivity contribution < 1.29 is 14.3 Å². The average Bonchev–Trinajstić information content (AvgIpc) is 2.66. The van der Waals surface area contributed by atoms with Gasteiger partial charge in [-0.05, 0) is 60.6 Å². The van der Waals surface area contributed by atoms with Crippen LogP contribution in [0.15, 0.2) is 54.6 Å². The van der Waals surface area contributed by atoms with Crippen LogP contribution in [0.25, 0.3) is 6.08 Å². The number of carbonyl (C=O) groups excluding carboxylic acids is 2. The Balaban J connectivity index is 1.87. The molecule has 0 aliphatic heterocycles. The number of nitrogens with one attached hydrogen (secondary N) is 2. The number of ether oxygens (including phenoxy) is 1. The molecule has 0 fully saturated rings. The predicted molar refractivity (Wildman–Crippen MR) is 112 cm³/mol. The first-order valence-corrected chi connectivity index (χ1v) is 9.10. The summed E-state index contributed by atoms with van der Waals surface area (Å²) in [6.45, 7) is 2.32. The van der Waals surface area contributed by atoms with Crippen molar-refractivity contribution >= 4 is 52.6 Å². The lowest BCUT2D eigenvalue weighted by molar-refractivity contribution is -0.115. The van der Waals surface area contributed by atoms with Crippen LogP contribution in [0.2, 0.25) is 5.02 Å². The lowest BCUT2D eigenvalue weighted by Gasteiger charge is -2.09. The Bertz CT molecular complexity index is 851. The van der Waals surface area contributed by atoms with E-state index in [1.807, 2.05) is 19.1 Å². The quantitative estimate of drug-likeness (QED) is 0.425. The Kier molecular flexibility index (Phi) is 7.98. The SMILES string of the molecule is CCCOC(=O)c1ccc(NC(=S)NC(=O)C=Cc2ccccc2Cl)cc1. The van der Waals surface area contributed by atoms with Gasteiger partial charge in [0, 0.05) is 16.8 Å². The van der Waals surface area contributed by atoms with Crippen molar-refractivity contribution in [2.24, 2.45) is 0 Å². The summed E-state index contributed by atoms with van der Waals surface area (Å²) in [5, 5.41) is 6.12. The molecule has 0 heterocycles. The maximum absolute atomic E-state index is 11.9. The molecule has 0 aliphatic rings. The lowest BCUT2D eigenvalue weighted by atomic mass is 10.2. The minimum Gasteiger partial charge on any atom is -0.462 e. The fraction of sp³-hybridized carbons (Fsp3) is 0.150. The summed E-state index contributed by atoms with van der Waals surface area (Å²) >= 11 is 11.1. The van der Waals surface area contributed by atoms with Crippen molar-refractivity contribution in [2.45, 2.75) is 13.3 Å². The van der Waals surface area contributed by atoms with Gasteiger partial charge < -0.3 is 10.1 Å². The van der Waals surface area contributed by atoms with Crippen LogP contribution in [0.3, 0.4) is 0 Å². The molecule has 5 nitrogen and oxygen atoms in total. The molecule has 2 aromatic carbocycles. The Morgan fingerprint density at radius 3 is 2.52 bits per heavy atom. The molecule has 7 heteroatoms. The van der Waals surface area contributed by atoms with Gasteiger partial charge in [-0.25, -0.2) is 4.79 Å². The number of anilines is 1. The number of hydrogen-bond acceptors (Lipinski definition) is 4. The van der Waals surface area contributed by atoms with Gasteiger partial charge in [0.1, 0.15) is 0 Å². The second kappa shape index (κ2) is 10.4. The van der Waals surface area contributed by atoms with E-state index in [1.165, 1.54) is 6.08 Å². The Hall–Kier alpha value is -2.70. The number of hydrogen-bond donors (Lipinski definition) is 2. The Morgan fingerprint density at radius 2 is 1.85 bits per heavy atom. The molecular weight excluding hydrogens is 384 g/mol. The maximum Gasteiger partial charge on any atom is 0.338 e. The van der Waals surface area contributed by atoms with E-state index < -0.39 is 0 Å². The molecule has 0 aliphatic carbocycles. The molecule has 1 amide bonds. The zero-order valence-electron chi connectivity index (χ0n) is 14.7. The van der Waals surface area contributed by atoms with Gasteiger partial charge in [-0.3, -0.25) is 10.1 Å². The number of carbonyl (C=O) groups is 2. The van der Waals surface area contributed by atoms with Crippen molar-refractivity contribution in [3.8, 4) is 0 Å². The third-order valence-corrected chi connectivity index (χ3v) is 3.92. The van der Waals surface area contributed by atoms with Crippen LogP contribution < -0.4 is 10.6 Å². The number of thiocarbonyl (C=S) groups is 1. The van der Waals surface area contributed by atoms with Gasteiger partial charge in [-0.15, -0.1) is 0 Å². The van der Waals surface area contributed by atoms with Crippen LogP contribution in [-0.4, -0.2) is 23.6 Å². The van der Waals surface area contributed by atoms with Crippen molar-refractivity contribution in [3.05, 3.63) is 70.8 Å². The Labute approximate surface area is 168 Å². The lowest BCUT2D eigenvalue weighted by Crippen LogP contribution is -2.32. The van der Waals surface area contributed by atoms with Crippen LogP contribution in [0, 0.1) is 0 Å². The zero-order valence-corrected chi connectivity index (χ0v) is 16.3. The first-order chi connectivity index (χ1) is 13.0. The first-order valence-electron chi connectivity index (χ1n) is 8.31.